The van der Waals surface area contributed by atoms with Crippen LogP contribution in [0.25, 0.3) is 4.85 Å². The van der Waals surface area contributed by atoms with E-state index in [9.17, 15) is 0 Å². The van der Waals surface area contributed by atoms with Gasteiger partial charge in [-0.2, -0.15) is 0 Å². The van der Waals surface area contributed by atoms with E-state index in [1.54, 1.807) is 7.11 Å². The second-order valence-electron chi connectivity index (χ2n) is 2.98. The fourth-order valence-electron chi connectivity index (χ4n) is 1.31. The van der Waals surface area contributed by atoms with Gasteiger partial charge in [-0.15, -0.1) is 0 Å². The third-order valence-corrected chi connectivity index (χ3v) is 2.03. The maximum Gasteiger partial charge on any atom is 0.221 e. The lowest BCUT2D eigenvalue weighted by Crippen LogP contribution is -1.99. The van der Waals surface area contributed by atoms with Gasteiger partial charge in [0, 0.05) is 5.56 Å². The zero-order valence-corrected chi connectivity index (χ0v) is 7.95. The Labute approximate surface area is 79.0 Å². The summed E-state index contributed by atoms with van der Waals surface area (Å²) in [6.45, 7) is 9.35. The molecule has 0 bridgehead atoms. The van der Waals surface area contributed by atoms with E-state index in [1.807, 2.05) is 31.2 Å². The van der Waals surface area contributed by atoms with Gasteiger partial charge in [0.25, 0.3) is 0 Å². The number of methoxy groups -OCH3 is 1. The minimum atomic E-state index is 0.244. The summed E-state index contributed by atoms with van der Waals surface area (Å²) in [4.78, 5) is 3.38. The van der Waals surface area contributed by atoms with Crippen molar-refractivity contribution in [3.8, 4) is 5.75 Å². The van der Waals surface area contributed by atoms with Gasteiger partial charge in [-0.1, -0.05) is 25.1 Å². The highest BCUT2D eigenvalue weighted by Gasteiger charge is 2.12. The molecule has 0 spiro atoms. The zero-order valence-electron chi connectivity index (χ0n) is 7.95. The third-order valence-electron chi connectivity index (χ3n) is 2.03. The van der Waals surface area contributed by atoms with Gasteiger partial charge in [0.1, 0.15) is 5.75 Å². The lowest BCUT2D eigenvalue weighted by Gasteiger charge is -2.10. The first-order valence-electron chi connectivity index (χ1n) is 4.25. The van der Waals surface area contributed by atoms with Gasteiger partial charge >= 0.3 is 0 Å². The summed E-state index contributed by atoms with van der Waals surface area (Å²) in [6.07, 6.45) is 0. The minimum Gasteiger partial charge on any atom is -0.496 e. The van der Waals surface area contributed by atoms with Crippen molar-refractivity contribution < 1.29 is 4.74 Å². The molecule has 13 heavy (non-hydrogen) atoms. The first-order valence-corrected chi connectivity index (χ1v) is 4.25. The quantitative estimate of drug-likeness (QED) is 0.644. The highest BCUT2D eigenvalue weighted by atomic mass is 16.5. The second kappa shape index (κ2) is 4.51. The highest BCUT2D eigenvalue weighted by molar-refractivity contribution is 5.36. The molecule has 1 atom stereocenters. The van der Waals surface area contributed by atoms with Crippen molar-refractivity contribution in [3.63, 3.8) is 0 Å². The van der Waals surface area contributed by atoms with Crippen LogP contribution in [0, 0.1) is 6.57 Å². The number of nitrogens with zero attached hydrogens (tertiary/aromatic N) is 1. The van der Waals surface area contributed by atoms with E-state index < -0.39 is 0 Å². The number of hydrogen-bond donors (Lipinski definition) is 0. The Kier molecular flexibility index (Phi) is 3.33. The molecule has 0 fully saturated rings. The predicted molar refractivity (Wildman–Crippen MR) is 52.9 cm³/mol. The first kappa shape index (κ1) is 9.60. The van der Waals surface area contributed by atoms with Crippen molar-refractivity contribution in [2.24, 2.45) is 0 Å². The van der Waals surface area contributed by atoms with Crippen molar-refractivity contribution in [2.75, 3.05) is 13.7 Å². The summed E-state index contributed by atoms with van der Waals surface area (Å²) < 4.78 is 5.21. The fourth-order valence-corrected chi connectivity index (χ4v) is 1.31. The largest absolute Gasteiger partial charge is 0.496 e. The zero-order chi connectivity index (χ0) is 9.68. The Balaban J connectivity index is 2.93. The monoisotopic (exact) mass is 175 g/mol. The van der Waals surface area contributed by atoms with Gasteiger partial charge < -0.3 is 9.58 Å². The Hall–Kier alpha value is -1.49. The van der Waals surface area contributed by atoms with Crippen LogP contribution in [0.2, 0.25) is 0 Å². The van der Waals surface area contributed by atoms with Gasteiger partial charge in [-0.05, 0) is 6.07 Å². The predicted octanol–water partition coefficient (Wildman–Crippen LogP) is 2.72. The van der Waals surface area contributed by atoms with Crippen LogP contribution in [0.15, 0.2) is 24.3 Å². The Bertz CT molecular complexity index is 314. The lowest BCUT2D eigenvalue weighted by molar-refractivity contribution is 0.407. The second-order valence-corrected chi connectivity index (χ2v) is 2.98. The van der Waals surface area contributed by atoms with E-state index in [0.29, 0.717) is 6.54 Å². The van der Waals surface area contributed by atoms with Gasteiger partial charge in [-0.3, -0.25) is 0 Å². The van der Waals surface area contributed by atoms with E-state index in [-0.39, 0.29) is 5.92 Å². The van der Waals surface area contributed by atoms with E-state index in [4.69, 9.17) is 11.3 Å². The van der Waals surface area contributed by atoms with Crippen molar-refractivity contribution in [1.82, 2.24) is 0 Å². The lowest BCUT2D eigenvalue weighted by atomic mass is 10.0. The molecule has 68 valence electrons. The Morgan fingerprint density at radius 2 is 2.15 bits per heavy atom. The summed E-state index contributed by atoms with van der Waals surface area (Å²) in [6, 6.07) is 7.84. The van der Waals surface area contributed by atoms with Crippen LogP contribution in [0.4, 0.5) is 0 Å². The summed E-state index contributed by atoms with van der Waals surface area (Å²) in [5, 5.41) is 0. The van der Waals surface area contributed by atoms with Crippen LogP contribution in [0.5, 0.6) is 5.75 Å². The molecule has 0 aliphatic carbocycles. The molecule has 0 radical (unpaired) electrons. The summed E-state index contributed by atoms with van der Waals surface area (Å²) in [5.41, 5.74) is 1.11. The highest BCUT2D eigenvalue weighted by Crippen LogP contribution is 2.25. The van der Waals surface area contributed by atoms with E-state index in [1.165, 1.54) is 0 Å². The molecular weight excluding hydrogens is 162 g/mol. The van der Waals surface area contributed by atoms with Crippen LogP contribution >= 0.6 is 0 Å². The number of para-hydroxylation sites is 1. The van der Waals surface area contributed by atoms with Crippen molar-refractivity contribution in [2.45, 2.75) is 12.8 Å². The molecule has 2 heteroatoms. The molecule has 0 saturated heterocycles. The molecule has 0 aromatic heterocycles. The van der Waals surface area contributed by atoms with E-state index in [0.717, 1.165) is 11.3 Å². The molecule has 1 aromatic carbocycles. The van der Waals surface area contributed by atoms with Gasteiger partial charge in [0.15, 0.2) is 0 Å². The summed E-state index contributed by atoms with van der Waals surface area (Å²) in [5.74, 6) is 1.12. The van der Waals surface area contributed by atoms with E-state index >= 15 is 0 Å². The molecule has 1 aromatic rings. The van der Waals surface area contributed by atoms with Crippen LogP contribution in [0.1, 0.15) is 18.4 Å². The van der Waals surface area contributed by atoms with Crippen LogP contribution in [-0.4, -0.2) is 13.7 Å². The third kappa shape index (κ3) is 2.22. The fraction of sp³-hybridized carbons (Fsp3) is 0.364. The average Bonchev–Trinajstić information content (AvgIpc) is 2.18. The Morgan fingerprint density at radius 1 is 1.46 bits per heavy atom. The SMILES string of the molecule is [C-]#[N+]CC(C)c1ccccc1OC. The van der Waals surface area contributed by atoms with Gasteiger partial charge in [0.05, 0.1) is 13.0 Å². The summed E-state index contributed by atoms with van der Waals surface area (Å²) >= 11 is 0. The molecule has 0 N–H and O–H groups in total. The number of rotatable bonds is 3. The van der Waals surface area contributed by atoms with Gasteiger partial charge in [-0.25, -0.2) is 6.57 Å². The van der Waals surface area contributed by atoms with Crippen molar-refractivity contribution in [1.29, 1.82) is 0 Å². The number of benzene rings is 1. The number of hydrogen-bond acceptors (Lipinski definition) is 1. The molecule has 2 nitrogen and oxygen atoms in total. The smallest absolute Gasteiger partial charge is 0.221 e. The molecule has 0 amide bonds. The van der Waals surface area contributed by atoms with Crippen molar-refractivity contribution in [3.05, 3.63) is 41.2 Å². The Morgan fingerprint density at radius 3 is 2.77 bits per heavy atom. The maximum absolute atomic E-state index is 6.79. The molecule has 1 unspecified atom stereocenters. The van der Waals surface area contributed by atoms with E-state index in [2.05, 4.69) is 4.85 Å². The molecule has 0 aliphatic rings. The molecule has 0 saturated carbocycles. The van der Waals surface area contributed by atoms with Crippen LogP contribution in [-0.2, 0) is 0 Å². The minimum absolute atomic E-state index is 0.244. The van der Waals surface area contributed by atoms with Gasteiger partial charge in [0.2, 0.25) is 6.54 Å². The van der Waals surface area contributed by atoms with Crippen LogP contribution in [0.3, 0.4) is 0 Å². The molecule has 0 aliphatic heterocycles. The topological polar surface area (TPSA) is 13.6 Å². The maximum atomic E-state index is 6.79. The standard InChI is InChI=1S/C11H13NO/c1-9(8-12-2)10-6-4-5-7-11(10)13-3/h4-7,9H,8H2,1,3H3. The van der Waals surface area contributed by atoms with Crippen LogP contribution < -0.4 is 4.74 Å². The molecule has 1 rings (SSSR count). The summed E-state index contributed by atoms with van der Waals surface area (Å²) in [7, 11) is 1.66. The number of ether oxygens (including phenoxy) is 1. The molecular formula is C11H13NO. The average molecular weight is 175 g/mol. The normalized spacial score (nSPS) is 11.8. The molecule has 0 heterocycles. The van der Waals surface area contributed by atoms with Crippen molar-refractivity contribution >= 4 is 0 Å². The first-order chi connectivity index (χ1) is 6.29.